The molecular formula is C17H16ClN3O5S2. The normalized spacial score (nSPS) is 12.4. The van der Waals surface area contributed by atoms with Gasteiger partial charge in [-0.2, -0.15) is 9.29 Å². The van der Waals surface area contributed by atoms with E-state index < -0.39 is 19.9 Å². The van der Waals surface area contributed by atoms with E-state index in [2.05, 4.69) is 10.1 Å². The number of benzene rings is 2. The van der Waals surface area contributed by atoms with Crippen LogP contribution in [0, 0.1) is 0 Å². The van der Waals surface area contributed by atoms with Crippen LogP contribution in [-0.2, 0) is 26.4 Å². The van der Waals surface area contributed by atoms with Crippen molar-refractivity contribution in [3.05, 3.63) is 59.4 Å². The number of hydrogen-bond donors (Lipinski definition) is 0. The average molecular weight is 442 g/mol. The first kappa shape index (κ1) is 20.5. The van der Waals surface area contributed by atoms with Gasteiger partial charge in [-0.25, -0.2) is 16.8 Å². The Kier molecular flexibility index (Phi) is 5.57. The lowest BCUT2D eigenvalue weighted by molar-refractivity contribution is 0.337. The van der Waals surface area contributed by atoms with E-state index in [9.17, 15) is 16.8 Å². The van der Waals surface area contributed by atoms with Crippen LogP contribution < -0.4 is 0 Å². The van der Waals surface area contributed by atoms with Gasteiger partial charge in [-0.1, -0.05) is 28.9 Å². The minimum atomic E-state index is -3.88. The van der Waals surface area contributed by atoms with Crippen LogP contribution in [0.1, 0.15) is 5.89 Å². The second-order valence-corrected chi connectivity index (χ2v) is 10.5. The van der Waals surface area contributed by atoms with Crippen molar-refractivity contribution in [2.45, 2.75) is 16.3 Å². The van der Waals surface area contributed by atoms with Crippen LogP contribution in [0.15, 0.2) is 62.8 Å². The van der Waals surface area contributed by atoms with Gasteiger partial charge in [-0.15, -0.1) is 0 Å². The Balaban J connectivity index is 1.81. The second kappa shape index (κ2) is 7.63. The van der Waals surface area contributed by atoms with Crippen LogP contribution >= 0.6 is 11.6 Å². The van der Waals surface area contributed by atoms with E-state index in [0.717, 1.165) is 10.6 Å². The van der Waals surface area contributed by atoms with Crippen molar-refractivity contribution in [2.75, 3.05) is 13.3 Å². The van der Waals surface area contributed by atoms with Gasteiger partial charge in [0.1, 0.15) is 0 Å². The van der Waals surface area contributed by atoms with Crippen molar-refractivity contribution >= 4 is 31.5 Å². The fourth-order valence-corrected chi connectivity index (χ4v) is 4.36. The number of rotatable bonds is 6. The summed E-state index contributed by atoms with van der Waals surface area (Å²) >= 11 is 6.10. The third kappa shape index (κ3) is 4.25. The molecule has 148 valence electrons. The Bertz CT molecular complexity index is 1210. The Labute approximate surface area is 167 Å². The number of hydrogen-bond acceptors (Lipinski definition) is 7. The molecule has 0 aliphatic rings. The molecule has 11 heteroatoms. The van der Waals surface area contributed by atoms with Gasteiger partial charge in [0, 0.05) is 18.9 Å². The molecule has 0 amide bonds. The van der Waals surface area contributed by atoms with E-state index >= 15 is 0 Å². The summed E-state index contributed by atoms with van der Waals surface area (Å²) in [6.07, 6.45) is 1.05. The highest BCUT2D eigenvalue weighted by Gasteiger charge is 2.24. The van der Waals surface area contributed by atoms with Gasteiger partial charge >= 0.3 is 0 Å². The van der Waals surface area contributed by atoms with Crippen LogP contribution in [-0.4, -0.2) is 44.6 Å². The highest BCUT2D eigenvalue weighted by molar-refractivity contribution is 7.90. The summed E-state index contributed by atoms with van der Waals surface area (Å²) in [6.45, 7) is -0.159. The van der Waals surface area contributed by atoms with Crippen molar-refractivity contribution < 1.29 is 21.4 Å². The topological polar surface area (TPSA) is 110 Å². The van der Waals surface area contributed by atoms with Crippen molar-refractivity contribution in [3.63, 3.8) is 0 Å². The molecule has 0 aliphatic carbocycles. The molecule has 3 rings (SSSR count). The van der Waals surface area contributed by atoms with Gasteiger partial charge in [-0.3, -0.25) is 0 Å². The molecule has 1 aromatic heterocycles. The minimum Gasteiger partial charge on any atom is -0.338 e. The molecule has 0 saturated heterocycles. The van der Waals surface area contributed by atoms with Gasteiger partial charge in [-0.05, 0) is 36.4 Å². The van der Waals surface area contributed by atoms with E-state index in [1.165, 1.54) is 31.3 Å². The smallest absolute Gasteiger partial charge is 0.243 e. The molecule has 0 radical (unpaired) electrons. The highest BCUT2D eigenvalue weighted by atomic mass is 35.5. The van der Waals surface area contributed by atoms with Crippen molar-refractivity contribution in [3.8, 4) is 11.4 Å². The monoisotopic (exact) mass is 441 g/mol. The van der Waals surface area contributed by atoms with Gasteiger partial charge in [0.15, 0.2) is 9.84 Å². The van der Waals surface area contributed by atoms with Crippen LogP contribution in [0.2, 0.25) is 5.02 Å². The van der Waals surface area contributed by atoms with Gasteiger partial charge < -0.3 is 4.52 Å². The first-order chi connectivity index (χ1) is 13.1. The molecule has 28 heavy (non-hydrogen) atoms. The van der Waals surface area contributed by atoms with E-state index in [1.54, 1.807) is 24.3 Å². The van der Waals surface area contributed by atoms with Crippen LogP contribution in [0.3, 0.4) is 0 Å². The lowest BCUT2D eigenvalue weighted by Gasteiger charge is -2.15. The zero-order valence-corrected chi connectivity index (χ0v) is 17.3. The van der Waals surface area contributed by atoms with E-state index in [1.807, 2.05) is 0 Å². The fourth-order valence-electron chi connectivity index (χ4n) is 2.39. The van der Waals surface area contributed by atoms with Crippen molar-refractivity contribution in [1.29, 1.82) is 0 Å². The van der Waals surface area contributed by atoms with Crippen molar-refractivity contribution in [2.24, 2.45) is 0 Å². The van der Waals surface area contributed by atoms with E-state index in [0.29, 0.717) is 10.6 Å². The van der Waals surface area contributed by atoms with E-state index in [4.69, 9.17) is 16.1 Å². The Morgan fingerprint density at radius 2 is 1.61 bits per heavy atom. The summed E-state index contributed by atoms with van der Waals surface area (Å²) in [6, 6.07) is 11.9. The number of halogens is 1. The molecule has 0 N–H and O–H groups in total. The first-order valence-corrected chi connectivity index (χ1v) is 11.6. The number of nitrogens with zero attached hydrogens (tertiary/aromatic N) is 3. The Morgan fingerprint density at radius 3 is 2.21 bits per heavy atom. The van der Waals surface area contributed by atoms with E-state index in [-0.39, 0.29) is 28.1 Å². The zero-order chi connectivity index (χ0) is 20.5. The summed E-state index contributed by atoms with van der Waals surface area (Å²) in [5.74, 6) is 0.345. The molecule has 1 heterocycles. The molecule has 8 nitrogen and oxygen atoms in total. The second-order valence-electron chi connectivity index (χ2n) is 6.00. The molecular weight excluding hydrogens is 426 g/mol. The fraction of sp³-hybridized carbons (Fsp3) is 0.176. The molecule has 0 aliphatic heterocycles. The van der Waals surface area contributed by atoms with Crippen molar-refractivity contribution in [1.82, 2.24) is 14.4 Å². The summed E-state index contributed by atoms with van der Waals surface area (Å²) in [7, 11) is -5.93. The molecule has 2 aromatic carbocycles. The predicted octanol–water partition coefficient (Wildman–Crippen LogP) is 2.61. The van der Waals surface area contributed by atoms with Crippen LogP contribution in [0.25, 0.3) is 11.4 Å². The SMILES string of the molecule is CN(Cc1nc(-c2ccccc2Cl)no1)S(=O)(=O)c1ccc(S(C)(=O)=O)cc1. The lowest BCUT2D eigenvalue weighted by Crippen LogP contribution is -2.26. The molecule has 0 fully saturated rings. The zero-order valence-electron chi connectivity index (χ0n) is 14.9. The third-order valence-electron chi connectivity index (χ3n) is 3.90. The predicted molar refractivity (Wildman–Crippen MR) is 103 cm³/mol. The number of sulfone groups is 1. The molecule has 0 unspecified atom stereocenters. The molecule has 0 spiro atoms. The number of sulfonamides is 1. The lowest BCUT2D eigenvalue weighted by atomic mass is 10.2. The Hall–Kier alpha value is -2.27. The first-order valence-electron chi connectivity index (χ1n) is 7.93. The minimum absolute atomic E-state index is 0.0374. The molecule has 0 bridgehead atoms. The molecule has 0 saturated carbocycles. The third-order valence-corrected chi connectivity index (χ3v) is 7.18. The summed E-state index contributed by atoms with van der Waals surface area (Å²) in [5.41, 5.74) is 0.570. The van der Waals surface area contributed by atoms with Gasteiger partial charge in [0.25, 0.3) is 0 Å². The summed E-state index contributed by atoms with van der Waals surface area (Å²) in [5, 5.41) is 4.28. The maximum Gasteiger partial charge on any atom is 0.243 e. The van der Waals surface area contributed by atoms with Gasteiger partial charge in [0.05, 0.1) is 21.4 Å². The maximum atomic E-state index is 12.7. The average Bonchev–Trinajstić information content (AvgIpc) is 3.09. The number of aromatic nitrogens is 2. The van der Waals surface area contributed by atoms with Gasteiger partial charge in [0.2, 0.25) is 21.7 Å². The summed E-state index contributed by atoms with van der Waals surface area (Å²) in [4.78, 5) is 4.18. The van der Waals surface area contributed by atoms with Crippen LogP contribution in [0.5, 0.6) is 0 Å². The van der Waals surface area contributed by atoms with Crippen LogP contribution in [0.4, 0.5) is 0 Å². The summed E-state index contributed by atoms with van der Waals surface area (Å²) < 4.78 is 54.6. The maximum absolute atomic E-state index is 12.7. The highest BCUT2D eigenvalue weighted by Crippen LogP contribution is 2.25. The quantitative estimate of drug-likeness (QED) is 0.578. The standard InChI is InChI=1S/C17H16ClN3O5S2/c1-21(28(24,25)13-9-7-12(8-10-13)27(2,22)23)11-16-19-17(20-26-16)14-5-3-4-6-15(14)18/h3-10H,11H2,1-2H3. The largest absolute Gasteiger partial charge is 0.338 e. The molecule has 3 aromatic rings. The molecule has 0 atom stereocenters. The Morgan fingerprint density at radius 1 is 1.00 bits per heavy atom.